The molecule has 0 aliphatic carbocycles. The second-order valence-corrected chi connectivity index (χ2v) is 3.88. The van der Waals surface area contributed by atoms with E-state index in [9.17, 15) is 13.6 Å². The number of benzene rings is 1. The second kappa shape index (κ2) is 8.31. The standard InChI is InChI=1S/C13H18F2N2O3/c1-3-17-11(18)8-16-7-9-5-4-6-10(19-2)12(9)20-13(14)15/h4-6,13,16H,3,7-8H2,1-2H3,(H,17,18). The molecule has 5 nitrogen and oxygen atoms in total. The Bertz CT molecular complexity index is 442. The fourth-order valence-electron chi connectivity index (χ4n) is 1.65. The van der Waals surface area contributed by atoms with E-state index in [4.69, 9.17) is 4.74 Å². The molecular formula is C13H18F2N2O3. The molecule has 0 radical (unpaired) electrons. The van der Waals surface area contributed by atoms with Gasteiger partial charge in [0.15, 0.2) is 11.5 Å². The van der Waals surface area contributed by atoms with Gasteiger partial charge >= 0.3 is 6.61 Å². The number of hydrogen-bond donors (Lipinski definition) is 2. The number of carbonyl (C=O) groups excluding carboxylic acids is 1. The minimum Gasteiger partial charge on any atom is -0.493 e. The number of para-hydroxylation sites is 1. The second-order valence-electron chi connectivity index (χ2n) is 3.88. The summed E-state index contributed by atoms with van der Waals surface area (Å²) in [6.07, 6.45) is 0. The Kier molecular flexibility index (Phi) is 6.72. The zero-order chi connectivity index (χ0) is 15.0. The molecule has 112 valence electrons. The van der Waals surface area contributed by atoms with Crippen LogP contribution in [0.5, 0.6) is 11.5 Å². The van der Waals surface area contributed by atoms with E-state index < -0.39 is 6.61 Å². The van der Waals surface area contributed by atoms with Crippen LogP contribution in [-0.4, -0.2) is 32.7 Å². The Morgan fingerprint density at radius 2 is 2.15 bits per heavy atom. The maximum Gasteiger partial charge on any atom is 0.387 e. The van der Waals surface area contributed by atoms with Crippen LogP contribution in [0.4, 0.5) is 8.78 Å². The van der Waals surface area contributed by atoms with Crippen molar-refractivity contribution < 1.29 is 23.0 Å². The van der Waals surface area contributed by atoms with Crippen LogP contribution in [-0.2, 0) is 11.3 Å². The Morgan fingerprint density at radius 1 is 1.40 bits per heavy atom. The fraction of sp³-hybridized carbons (Fsp3) is 0.462. The molecule has 0 aliphatic heterocycles. The third-order valence-electron chi connectivity index (χ3n) is 2.46. The number of rotatable bonds is 8. The van der Waals surface area contributed by atoms with Gasteiger partial charge in [-0.1, -0.05) is 12.1 Å². The van der Waals surface area contributed by atoms with Crippen LogP contribution < -0.4 is 20.1 Å². The van der Waals surface area contributed by atoms with Crippen molar-refractivity contribution in [2.45, 2.75) is 20.1 Å². The van der Waals surface area contributed by atoms with Gasteiger partial charge in [0.25, 0.3) is 0 Å². The van der Waals surface area contributed by atoms with Crippen molar-refractivity contribution in [2.75, 3.05) is 20.2 Å². The predicted molar refractivity (Wildman–Crippen MR) is 70.0 cm³/mol. The summed E-state index contributed by atoms with van der Waals surface area (Å²) in [5.41, 5.74) is 0.494. The van der Waals surface area contributed by atoms with E-state index in [1.54, 1.807) is 12.1 Å². The number of likely N-dealkylation sites (N-methyl/N-ethyl adjacent to an activating group) is 1. The lowest BCUT2D eigenvalue weighted by Gasteiger charge is -2.14. The molecule has 2 N–H and O–H groups in total. The smallest absolute Gasteiger partial charge is 0.387 e. The van der Waals surface area contributed by atoms with Gasteiger partial charge in [0.1, 0.15) is 0 Å². The molecule has 1 aromatic rings. The van der Waals surface area contributed by atoms with E-state index in [2.05, 4.69) is 15.4 Å². The van der Waals surface area contributed by atoms with Crippen molar-refractivity contribution in [3.8, 4) is 11.5 Å². The van der Waals surface area contributed by atoms with Crippen molar-refractivity contribution in [3.63, 3.8) is 0 Å². The molecule has 0 aromatic heterocycles. The molecule has 0 heterocycles. The molecule has 0 bridgehead atoms. The first-order valence-corrected chi connectivity index (χ1v) is 6.16. The van der Waals surface area contributed by atoms with E-state index >= 15 is 0 Å². The van der Waals surface area contributed by atoms with Crippen molar-refractivity contribution in [3.05, 3.63) is 23.8 Å². The number of nitrogens with one attached hydrogen (secondary N) is 2. The summed E-state index contributed by atoms with van der Waals surface area (Å²) in [6.45, 7) is -0.266. The first-order valence-electron chi connectivity index (χ1n) is 6.16. The largest absolute Gasteiger partial charge is 0.493 e. The van der Waals surface area contributed by atoms with E-state index in [0.717, 1.165) is 0 Å². The van der Waals surface area contributed by atoms with Crippen LogP contribution in [0.25, 0.3) is 0 Å². The summed E-state index contributed by atoms with van der Waals surface area (Å²) in [5, 5.41) is 5.48. The highest BCUT2D eigenvalue weighted by atomic mass is 19.3. The van der Waals surface area contributed by atoms with Crippen molar-refractivity contribution in [2.24, 2.45) is 0 Å². The molecule has 1 aromatic carbocycles. The number of halogens is 2. The average molecular weight is 288 g/mol. The fourth-order valence-corrected chi connectivity index (χ4v) is 1.65. The highest BCUT2D eigenvalue weighted by Gasteiger charge is 2.15. The van der Waals surface area contributed by atoms with E-state index in [1.807, 2.05) is 6.92 Å². The van der Waals surface area contributed by atoms with E-state index in [1.165, 1.54) is 13.2 Å². The Morgan fingerprint density at radius 3 is 2.75 bits per heavy atom. The summed E-state index contributed by atoms with van der Waals surface area (Å²) >= 11 is 0. The first-order chi connectivity index (χ1) is 9.58. The van der Waals surface area contributed by atoms with Gasteiger partial charge in [-0.05, 0) is 13.0 Å². The molecule has 1 rings (SSSR count). The molecule has 1 amide bonds. The Balaban J connectivity index is 2.70. The lowest BCUT2D eigenvalue weighted by Crippen LogP contribution is -2.33. The van der Waals surface area contributed by atoms with Gasteiger partial charge in [-0.15, -0.1) is 0 Å². The molecule has 0 atom stereocenters. The lowest BCUT2D eigenvalue weighted by atomic mass is 10.2. The SMILES string of the molecule is CCNC(=O)CNCc1cccc(OC)c1OC(F)F. The third-order valence-corrected chi connectivity index (χ3v) is 2.46. The average Bonchev–Trinajstić information content (AvgIpc) is 2.40. The summed E-state index contributed by atoms with van der Waals surface area (Å²) in [7, 11) is 1.37. The van der Waals surface area contributed by atoms with Gasteiger partial charge in [-0.2, -0.15) is 8.78 Å². The van der Waals surface area contributed by atoms with E-state index in [0.29, 0.717) is 12.1 Å². The van der Waals surface area contributed by atoms with Crippen LogP contribution in [0.3, 0.4) is 0 Å². The molecule has 0 fully saturated rings. The van der Waals surface area contributed by atoms with Crippen molar-refractivity contribution in [1.29, 1.82) is 0 Å². The van der Waals surface area contributed by atoms with Crippen LogP contribution in [0.2, 0.25) is 0 Å². The first kappa shape index (κ1) is 16.2. The number of amides is 1. The highest BCUT2D eigenvalue weighted by Crippen LogP contribution is 2.32. The van der Waals surface area contributed by atoms with Gasteiger partial charge in [-0.3, -0.25) is 4.79 Å². The van der Waals surface area contributed by atoms with Crippen molar-refractivity contribution in [1.82, 2.24) is 10.6 Å². The molecule has 0 saturated carbocycles. The summed E-state index contributed by atoms with van der Waals surface area (Å²) in [5.74, 6) is 0.0442. The van der Waals surface area contributed by atoms with E-state index in [-0.39, 0.29) is 30.5 Å². The normalized spacial score (nSPS) is 10.4. The van der Waals surface area contributed by atoms with Crippen LogP contribution >= 0.6 is 0 Å². The molecule has 7 heteroatoms. The molecule has 20 heavy (non-hydrogen) atoms. The number of alkyl halides is 2. The zero-order valence-corrected chi connectivity index (χ0v) is 11.4. The topological polar surface area (TPSA) is 59.6 Å². The number of carbonyl (C=O) groups is 1. The minimum absolute atomic E-state index is 0.0200. The van der Waals surface area contributed by atoms with Gasteiger partial charge in [0, 0.05) is 18.7 Å². The van der Waals surface area contributed by atoms with Gasteiger partial charge in [0.05, 0.1) is 13.7 Å². The number of hydrogen-bond acceptors (Lipinski definition) is 4. The molecule has 0 unspecified atom stereocenters. The maximum atomic E-state index is 12.4. The lowest BCUT2D eigenvalue weighted by molar-refractivity contribution is -0.120. The number of ether oxygens (including phenoxy) is 2. The maximum absolute atomic E-state index is 12.4. The summed E-state index contributed by atoms with van der Waals surface area (Å²) in [6, 6.07) is 4.83. The van der Waals surface area contributed by atoms with Crippen LogP contribution in [0, 0.1) is 0 Å². The molecule has 0 aliphatic rings. The minimum atomic E-state index is -2.94. The van der Waals surface area contributed by atoms with Gasteiger partial charge in [0.2, 0.25) is 5.91 Å². The van der Waals surface area contributed by atoms with Crippen molar-refractivity contribution >= 4 is 5.91 Å². The van der Waals surface area contributed by atoms with Crippen LogP contribution in [0.15, 0.2) is 18.2 Å². The molecule has 0 spiro atoms. The Labute approximate surface area is 116 Å². The monoisotopic (exact) mass is 288 g/mol. The summed E-state index contributed by atoms with van der Waals surface area (Å²) in [4.78, 5) is 11.3. The third kappa shape index (κ3) is 5.00. The quantitative estimate of drug-likeness (QED) is 0.761. The molecular weight excluding hydrogens is 270 g/mol. The Hall–Kier alpha value is -1.89. The predicted octanol–water partition coefficient (Wildman–Crippen LogP) is 1.52. The zero-order valence-electron chi connectivity index (χ0n) is 11.4. The van der Waals surface area contributed by atoms with Gasteiger partial charge < -0.3 is 20.1 Å². The van der Waals surface area contributed by atoms with Crippen LogP contribution in [0.1, 0.15) is 12.5 Å². The summed E-state index contributed by atoms with van der Waals surface area (Å²) < 4.78 is 34.3. The number of methoxy groups -OCH3 is 1. The highest BCUT2D eigenvalue weighted by molar-refractivity contribution is 5.77. The van der Waals surface area contributed by atoms with Gasteiger partial charge in [-0.25, -0.2) is 0 Å². The molecule has 0 saturated heterocycles.